The van der Waals surface area contributed by atoms with Crippen LogP contribution in [0.5, 0.6) is 17.2 Å². The lowest BCUT2D eigenvalue weighted by atomic mass is 9.93. The van der Waals surface area contributed by atoms with Gasteiger partial charge in [0, 0.05) is 31.6 Å². The number of ether oxygens (including phenoxy) is 4. The van der Waals surface area contributed by atoms with Crippen molar-refractivity contribution in [3.05, 3.63) is 17.7 Å². The third kappa shape index (κ3) is 3.67. The Morgan fingerprint density at radius 3 is 2.10 bits per heavy atom. The summed E-state index contributed by atoms with van der Waals surface area (Å²) in [5, 5.41) is 0. The highest BCUT2D eigenvalue weighted by molar-refractivity contribution is 5.88. The number of rotatable bonds is 5. The molecule has 0 atom stereocenters. The van der Waals surface area contributed by atoms with Gasteiger partial charge in [-0.05, 0) is 19.8 Å². The van der Waals surface area contributed by atoms with Crippen LogP contribution >= 0.6 is 0 Å². The van der Waals surface area contributed by atoms with Crippen LogP contribution in [-0.4, -0.2) is 46.3 Å². The third-order valence-corrected chi connectivity index (χ3v) is 3.83. The predicted octanol–water partition coefficient (Wildman–Crippen LogP) is 2.70. The molecule has 1 aliphatic rings. The van der Waals surface area contributed by atoms with Crippen molar-refractivity contribution in [2.45, 2.75) is 25.3 Å². The topological polar surface area (TPSA) is 49.3 Å². The van der Waals surface area contributed by atoms with Gasteiger partial charge in [-0.2, -0.15) is 0 Å². The van der Waals surface area contributed by atoms with E-state index in [1.165, 1.54) is 0 Å². The maximum atomic E-state index is 5.43. The molecule has 1 fully saturated rings. The van der Waals surface area contributed by atoms with E-state index in [9.17, 15) is 0 Å². The van der Waals surface area contributed by atoms with Crippen LogP contribution in [0.25, 0.3) is 0 Å². The Morgan fingerprint density at radius 2 is 1.62 bits per heavy atom. The van der Waals surface area contributed by atoms with E-state index in [-0.39, 0.29) is 5.54 Å². The largest absolute Gasteiger partial charge is 0.496 e. The summed E-state index contributed by atoms with van der Waals surface area (Å²) in [4.78, 5) is 4.75. The minimum atomic E-state index is -0.0891. The van der Waals surface area contributed by atoms with Gasteiger partial charge in [-0.1, -0.05) is 0 Å². The highest BCUT2D eigenvalue weighted by Crippen LogP contribution is 2.33. The van der Waals surface area contributed by atoms with E-state index in [1.807, 2.05) is 18.3 Å². The first-order valence-corrected chi connectivity index (χ1v) is 7.05. The molecule has 1 aliphatic heterocycles. The van der Waals surface area contributed by atoms with E-state index >= 15 is 0 Å². The maximum absolute atomic E-state index is 5.43. The molecule has 1 saturated heterocycles. The van der Waals surface area contributed by atoms with Crippen molar-refractivity contribution in [2.24, 2.45) is 4.99 Å². The molecule has 5 heteroatoms. The standard InChI is InChI=1S/C16H23NO4/c1-16(5-7-21-8-6-16)17-11-13-14(19-3)9-12(18-2)10-15(13)20-4/h9-11H,5-8H2,1-4H3. The van der Waals surface area contributed by atoms with E-state index in [0.29, 0.717) is 17.2 Å². The fourth-order valence-electron chi connectivity index (χ4n) is 2.32. The molecule has 0 unspecified atom stereocenters. The Bertz CT molecular complexity index is 482. The summed E-state index contributed by atoms with van der Waals surface area (Å²) in [6, 6.07) is 3.66. The van der Waals surface area contributed by atoms with E-state index in [0.717, 1.165) is 31.6 Å². The molecule has 0 bridgehead atoms. The summed E-state index contributed by atoms with van der Waals surface area (Å²) in [7, 11) is 4.87. The Balaban J connectivity index is 2.33. The Hall–Kier alpha value is -1.75. The highest BCUT2D eigenvalue weighted by atomic mass is 16.5. The quantitative estimate of drug-likeness (QED) is 0.783. The first-order chi connectivity index (χ1) is 10.1. The number of hydrogen-bond donors (Lipinski definition) is 0. The smallest absolute Gasteiger partial charge is 0.135 e. The molecule has 1 heterocycles. The highest BCUT2D eigenvalue weighted by Gasteiger charge is 2.26. The fraction of sp³-hybridized carbons (Fsp3) is 0.562. The molecule has 5 nitrogen and oxygen atoms in total. The molecule has 1 aromatic carbocycles. The van der Waals surface area contributed by atoms with Crippen molar-refractivity contribution in [3.8, 4) is 17.2 Å². The Kier molecular flexibility index (Phi) is 5.07. The molecule has 0 aliphatic carbocycles. The van der Waals surface area contributed by atoms with E-state index in [2.05, 4.69) is 6.92 Å². The number of methoxy groups -OCH3 is 3. The minimum absolute atomic E-state index is 0.0891. The second-order valence-electron chi connectivity index (χ2n) is 5.31. The maximum Gasteiger partial charge on any atom is 0.135 e. The Labute approximate surface area is 125 Å². The van der Waals surface area contributed by atoms with Gasteiger partial charge in [0.25, 0.3) is 0 Å². The zero-order valence-electron chi connectivity index (χ0n) is 13.1. The SMILES string of the molecule is COc1cc(OC)c(C=NC2(C)CCOCC2)c(OC)c1. The zero-order chi connectivity index (χ0) is 15.3. The first-order valence-electron chi connectivity index (χ1n) is 7.05. The van der Waals surface area contributed by atoms with Gasteiger partial charge in [-0.25, -0.2) is 0 Å². The van der Waals surface area contributed by atoms with Crippen LogP contribution in [0.2, 0.25) is 0 Å². The summed E-state index contributed by atoms with van der Waals surface area (Å²) in [6.07, 6.45) is 3.68. The summed E-state index contributed by atoms with van der Waals surface area (Å²) >= 11 is 0. The van der Waals surface area contributed by atoms with Crippen molar-refractivity contribution in [3.63, 3.8) is 0 Å². The van der Waals surface area contributed by atoms with Gasteiger partial charge in [0.05, 0.1) is 32.4 Å². The van der Waals surface area contributed by atoms with Gasteiger partial charge >= 0.3 is 0 Å². The van der Waals surface area contributed by atoms with Gasteiger partial charge in [0.15, 0.2) is 0 Å². The molecule has 0 N–H and O–H groups in total. The van der Waals surface area contributed by atoms with Crippen molar-refractivity contribution in [1.29, 1.82) is 0 Å². The van der Waals surface area contributed by atoms with Gasteiger partial charge < -0.3 is 18.9 Å². The molecule has 2 rings (SSSR count). The van der Waals surface area contributed by atoms with Crippen LogP contribution < -0.4 is 14.2 Å². The lowest BCUT2D eigenvalue weighted by molar-refractivity contribution is 0.0604. The first kappa shape index (κ1) is 15.6. The number of aliphatic imine (C=N–C) groups is 1. The van der Waals surface area contributed by atoms with Crippen molar-refractivity contribution < 1.29 is 18.9 Å². The van der Waals surface area contributed by atoms with Gasteiger partial charge in [0.2, 0.25) is 0 Å². The lowest BCUT2D eigenvalue weighted by Gasteiger charge is -2.29. The average molecular weight is 293 g/mol. The normalized spacial score (nSPS) is 17.7. The van der Waals surface area contributed by atoms with Crippen molar-refractivity contribution >= 4 is 6.21 Å². The summed E-state index contributed by atoms with van der Waals surface area (Å²) in [6.45, 7) is 3.66. The predicted molar refractivity (Wildman–Crippen MR) is 82.2 cm³/mol. The van der Waals surface area contributed by atoms with Crippen LogP contribution in [0.4, 0.5) is 0 Å². The van der Waals surface area contributed by atoms with E-state index in [4.69, 9.17) is 23.9 Å². The number of nitrogens with zero attached hydrogens (tertiary/aromatic N) is 1. The Morgan fingerprint density at radius 1 is 1.05 bits per heavy atom. The second-order valence-corrected chi connectivity index (χ2v) is 5.31. The average Bonchev–Trinajstić information content (AvgIpc) is 2.52. The molecular formula is C16H23NO4. The van der Waals surface area contributed by atoms with Crippen molar-refractivity contribution in [2.75, 3.05) is 34.5 Å². The molecule has 0 radical (unpaired) electrons. The molecule has 1 aromatic rings. The van der Waals surface area contributed by atoms with Gasteiger partial charge in [0.1, 0.15) is 17.2 Å². The van der Waals surface area contributed by atoms with Crippen LogP contribution in [0.15, 0.2) is 17.1 Å². The molecule has 0 spiro atoms. The molecule has 21 heavy (non-hydrogen) atoms. The second kappa shape index (κ2) is 6.80. The molecule has 0 aromatic heterocycles. The lowest BCUT2D eigenvalue weighted by Crippen LogP contribution is -2.31. The van der Waals surface area contributed by atoms with Gasteiger partial charge in [-0.15, -0.1) is 0 Å². The molecule has 0 amide bonds. The van der Waals surface area contributed by atoms with Crippen LogP contribution in [-0.2, 0) is 4.74 Å². The van der Waals surface area contributed by atoms with Crippen LogP contribution in [0.1, 0.15) is 25.3 Å². The van der Waals surface area contributed by atoms with Crippen LogP contribution in [0.3, 0.4) is 0 Å². The summed E-state index contributed by atoms with van der Waals surface area (Å²) in [5.74, 6) is 2.06. The monoisotopic (exact) mass is 293 g/mol. The summed E-state index contributed by atoms with van der Waals surface area (Å²) < 4.78 is 21.5. The zero-order valence-corrected chi connectivity index (χ0v) is 13.1. The van der Waals surface area contributed by atoms with E-state index < -0.39 is 0 Å². The molecule has 0 saturated carbocycles. The fourth-order valence-corrected chi connectivity index (χ4v) is 2.32. The molecule has 116 valence electrons. The number of benzene rings is 1. The van der Waals surface area contributed by atoms with Gasteiger partial charge in [-0.3, -0.25) is 4.99 Å². The van der Waals surface area contributed by atoms with E-state index in [1.54, 1.807) is 21.3 Å². The minimum Gasteiger partial charge on any atom is -0.496 e. The van der Waals surface area contributed by atoms with Crippen LogP contribution in [0, 0.1) is 0 Å². The summed E-state index contributed by atoms with van der Waals surface area (Å²) in [5.41, 5.74) is 0.738. The number of hydrogen-bond acceptors (Lipinski definition) is 5. The van der Waals surface area contributed by atoms with Crippen molar-refractivity contribution in [1.82, 2.24) is 0 Å². The molecular weight excluding hydrogens is 270 g/mol. The third-order valence-electron chi connectivity index (χ3n) is 3.83.